The molecule has 0 fully saturated rings. The molecule has 2 rings (SSSR count). The summed E-state index contributed by atoms with van der Waals surface area (Å²) in [5.41, 5.74) is -0.105. The lowest BCUT2D eigenvalue weighted by Gasteiger charge is -2.21. The fraction of sp³-hybridized carbons (Fsp3) is 0.421. The van der Waals surface area contributed by atoms with Crippen molar-refractivity contribution in [3.8, 4) is 11.5 Å². The molecule has 0 spiro atoms. The molecule has 0 amide bonds. The van der Waals surface area contributed by atoms with Gasteiger partial charge in [-0.15, -0.1) is 24.0 Å². The molecule has 1 unspecified atom stereocenters. The van der Waals surface area contributed by atoms with Gasteiger partial charge in [-0.25, -0.2) is 4.99 Å². The average Bonchev–Trinajstić information content (AvgIpc) is 3.19. The standard InChI is InChI=1S/C19H27N3O3S.HI/c1-4-20-18(22-14-19(2,23)15-9-12-26-13-15)21-10-11-25-17-7-5-16(24-3)6-8-17;/h5-9,12-13,23H,4,10-11,14H2,1-3H3,(H2,20,21,22);1H. The first-order valence-corrected chi connectivity index (χ1v) is 9.53. The van der Waals surface area contributed by atoms with Gasteiger partial charge in [0.15, 0.2) is 5.96 Å². The number of nitrogens with one attached hydrogen (secondary N) is 2. The largest absolute Gasteiger partial charge is 0.497 e. The summed E-state index contributed by atoms with van der Waals surface area (Å²) in [6, 6.07) is 9.39. The second-order valence-electron chi connectivity index (χ2n) is 5.93. The Balaban J connectivity index is 0.00000364. The molecule has 3 N–H and O–H groups in total. The SMILES string of the molecule is CCNC(=NCC(C)(O)c1ccsc1)NCCOc1ccc(OC)cc1.I. The van der Waals surface area contributed by atoms with Crippen molar-refractivity contribution in [3.05, 3.63) is 46.7 Å². The maximum absolute atomic E-state index is 10.6. The highest BCUT2D eigenvalue weighted by Gasteiger charge is 2.23. The molecule has 1 aromatic carbocycles. The first-order valence-electron chi connectivity index (χ1n) is 8.59. The second-order valence-corrected chi connectivity index (χ2v) is 6.71. The lowest BCUT2D eigenvalue weighted by molar-refractivity contribution is 0.0677. The molecule has 6 nitrogen and oxygen atoms in total. The van der Waals surface area contributed by atoms with Crippen LogP contribution in [0.25, 0.3) is 0 Å². The Hall–Kier alpha value is -1.52. The number of ether oxygens (including phenoxy) is 2. The summed E-state index contributed by atoms with van der Waals surface area (Å²) in [5.74, 6) is 2.24. The Bertz CT molecular complexity index is 676. The van der Waals surface area contributed by atoms with Crippen molar-refractivity contribution in [1.82, 2.24) is 10.6 Å². The summed E-state index contributed by atoms with van der Waals surface area (Å²) < 4.78 is 10.8. The Morgan fingerprint density at radius 1 is 1.19 bits per heavy atom. The molecule has 0 aliphatic heterocycles. The third-order valence-electron chi connectivity index (χ3n) is 3.76. The van der Waals surface area contributed by atoms with E-state index in [9.17, 15) is 5.11 Å². The van der Waals surface area contributed by atoms with Gasteiger partial charge in [-0.3, -0.25) is 0 Å². The number of hydrogen-bond donors (Lipinski definition) is 3. The molecule has 0 aliphatic rings. The summed E-state index contributed by atoms with van der Waals surface area (Å²) in [5, 5.41) is 20.8. The molecule has 1 atom stereocenters. The Morgan fingerprint density at radius 3 is 2.48 bits per heavy atom. The van der Waals surface area contributed by atoms with Crippen LogP contribution in [0.5, 0.6) is 11.5 Å². The Kier molecular flexibility index (Phi) is 10.5. The van der Waals surface area contributed by atoms with Gasteiger partial charge in [0.25, 0.3) is 0 Å². The van der Waals surface area contributed by atoms with Crippen LogP contribution in [0.2, 0.25) is 0 Å². The predicted molar refractivity (Wildman–Crippen MR) is 122 cm³/mol. The number of hydrogen-bond acceptors (Lipinski definition) is 5. The first-order chi connectivity index (χ1) is 12.5. The lowest BCUT2D eigenvalue weighted by atomic mass is 10.00. The smallest absolute Gasteiger partial charge is 0.191 e. The van der Waals surface area contributed by atoms with E-state index < -0.39 is 5.60 Å². The number of benzene rings is 1. The number of aliphatic imine (C=N–C) groups is 1. The van der Waals surface area contributed by atoms with Gasteiger partial charge >= 0.3 is 0 Å². The van der Waals surface area contributed by atoms with E-state index in [0.29, 0.717) is 19.1 Å². The maximum Gasteiger partial charge on any atom is 0.191 e. The summed E-state index contributed by atoms with van der Waals surface area (Å²) in [4.78, 5) is 4.49. The Morgan fingerprint density at radius 2 is 1.89 bits per heavy atom. The Labute approximate surface area is 182 Å². The number of thiophene rings is 1. The number of nitrogens with zero attached hydrogens (tertiary/aromatic N) is 1. The number of guanidine groups is 1. The highest BCUT2D eigenvalue weighted by atomic mass is 127. The van der Waals surface area contributed by atoms with E-state index in [4.69, 9.17) is 9.47 Å². The van der Waals surface area contributed by atoms with Gasteiger partial charge in [0, 0.05) is 6.54 Å². The number of rotatable bonds is 9. The van der Waals surface area contributed by atoms with Gasteiger partial charge in [-0.1, -0.05) is 0 Å². The highest BCUT2D eigenvalue weighted by molar-refractivity contribution is 14.0. The van der Waals surface area contributed by atoms with Crippen LogP contribution in [-0.4, -0.2) is 44.4 Å². The summed E-state index contributed by atoms with van der Waals surface area (Å²) in [7, 11) is 1.64. The molecule has 2 aromatic rings. The molecule has 0 saturated carbocycles. The number of methoxy groups -OCH3 is 1. The minimum absolute atomic E-state index is 0. The van der Waals surface area contributed by atoms with E-state index in [0.717, 1.165) is 23.6 Å². The molecule has 150 valence electrons. The predicted octanol–water partition coefficient (Wildman–Crippen LogP) is 3.22. The van der Waals surface area contributed by atoms with E-state index in [-0.39, 0.29) is 30.5 Å². The molecule has 1 aromatic heterocycles. The third-order valence-corrected chi connectivity index (χ3v) is 4.44. The van der Waals surface area contributed by atoms with Crippen LogP contribution >= 0.6 is 35.3 Å². The summed E-state index contributed by atoms with van der Waals surface area (Å²) in [6.45, 7) is 5.89. The lowest BCUT2D eigenvalue weighted by Crippen LogP contribution is -2.40. The van der Waals surface area contributed by atoms with Crippen LogP contribution in [0.4, 0.5) is 0 Å². The fourth-order valence-electron chi connectivity index (χ4n) is 2.25. The molecular formula is C19H28IN3O3S. The zero-order valence-corrected chi connectivity index (χ0v) is 19.0. The normalized spacial score (nSPS) is 13.3. The van der Waals surface area contributed by atoms with Crippen LogP contribution < -0.4 is 20.1 Å². The molecule has 0 aliphatic carbocycles. The van der Waals surface area contributed by atoms with Crippen LogP contribution in [0, 0.1) is 0 Å². The fourth-order valence-corrected chi connectivity index (χ4v) is 3.03. The van der Waals surface area contributed by atoms with Crippen LogP contribution in [0.3, 0.4) is 0 Å². The van der Waals surface area contributed by atoms with Crippen LogP contribution in [0.15, 0.2) is 46.1 Å². The topological polar surface area (TPSA) is 75.1 Å². The molecule has 27 heavy (non-hydrogen) atoms. The van der Waals surface area contributed by atoms with Crippen molar-refractivity contribution in [3.63, 3.8) is 0 Å². The van der Waals surface area contributed by atoms with Gasteiger partial charge in [0.2, 0.25) is 0 Å². The van der Waals surface area contributed by atoms with Gasteiger partial charge in [-0.05, 0) is 60.5 Å². The zero-order chi connectivity index (χ0) is 18.8. The van der Waals surface area contributed by atoms with Crippen molar-refractivity contribution in [2.24, 2.45) is 4.99 Å². The van der Waals surface area contributed by atoms with Crippen LogP contribution in [-0.2, 0) is 5.60 Å². The van der Waals surface area contributed by atoms with Crippen molar-refractivity contribution < 1.29 is 14.6 Å². The second kappa shape index (κ2) is 12.0. The van der Waals surface area contributed by atoms with E-state index >= 15 is 0 Å². The quantitative estimate of drug-likeness (QED) is 0.211. The van der Waals surface area contributed by atoms with Gasteiger partial charge < -0.3 is 25.2 Å². The van der Waals surface area contributed by atoms with Crippen molar-refractivity contribution in [1.29, 1.82) is 0 Å². The molecule has 0 bridgehead atoms. The number of halogens is 1. The van der Waals surface area contributed by atoms with Gasteiger partial charge in [0.05, 0.1) is 20.2 Å². The minimum Gasteiger partial charge on any atom is -0.497 e. The van der Waals surface area contributed by atoms with E-state index in [2.05, 4.69) is 15.6 Å². The summed E-state index contributed by atoms with van der Waals surface area (Å²) >= 11 is 1.56. The molecular weight excluding hydrogens is 477 g/mol. The number of aliphatic hydroxyl groups is 1. The highest BCUT2D eigenvalue weighted by Crippen LogP contribution is 2.23. The van der Waals surface area contributed by atoms with Gasteiger partial charge in [0.1, 0.15) is 23.7 Å². The van der Waals surface area contributed by atoms with Crippen molar-refractivity contribution in [2.75, 3.05) is 33.4 Å². The van der Waals surface area contributed by atoms with Crippen molar-refractivity contribution >= 4 is 41.3 Å². The molecule has 1 heterocycles. The average molecular weight is 505 g/mol. The van der Waals surface area contributed by atoms with E-state index in [1.54, 1.807) is 25.4 Å². The van der Waals surface area contributed by atoms with Gasteiger partial charge in [-0.2, -0.15) is 11.3 Å². The van der Waals surface area contributed by atoms with E-state index in [1.807, 2.05) is 48.0 Å². The monoisotopic (exact) mass is 505 g/mol. The van der Waals surface area contributed by atoms with Crippen molar-refractivity contribution in [2.45, 2.75) is 19.4 Å². The molecule has 8 heteroatoms. The first kappa shape index (κ1) is 23.5. The maximum atomic E-state index is 10.6. The zero-order valence-electron chi connectivity index (χ0n) is 15.9. The summed E-state index contributed by atoms with van der Waals surface area (Å²) in [6.07, 6.45) is 0. The van der Waals surface area contributed by atoms with E-state index in [1.165, 1.54) is 0 Å². The third kappa shape index (κ3) is 7.94. The minimum atomic E-state index is -0.984. The molecule has 0 saturated heterocycles. The van der Waals surface area contributed by atoms with Crippen LogP contribution in [0.1, 0.15) is 19.4 Å². The molecule has 0 radical (unpaired) electrons.